The molecule has 1 saturated carbocycles. The molecule has 0 aromatic rings. The van der Waals surface area contributed by atoms with E-state index in [2.05, 4.69) is 10.6 Å². The van der Waals surface area contributed by atoms with Crippen molar-refractivity contribution in [1.82, 2.24) is 10.6 Å². The van der Waals surface area contributed by atoms with Crippen LogP contribution in [0.3, 0.4) is 0 Å². The van der Waals surface area contributed by atoms with E-state index in [0.29, 0.717) is 25.7 Å². The topological polar surface area (TPSA) is 59.6 Å². The van der Waals surface area contributed by atoms with Crippen LogP contribution >= 0.6 is 0 Å². The fourth-order valence-corrected chi connectivity index (χ4v) is 2.19. The highest BCUT2D eigenvalue weighted by Gasteiger charge is 2.24. The molecule has 1 aliphatic rings. The van der Waals surface area contributed by atoms with Crippen LogP contribution in [0, 0.1) is 0 Å². The Morgan fingerprint density at radius 3 is 2.76 bits per heavy atom. The zero-order valence-corrected chi connectivity index (χ0v) is 10.8. The molecule has 5 heteroatoms. The van der Waals surface area contributed by atoms with Gasteiger partial charge in [-0.25, -0.2) is 0 Å². The van der Waals surface area contributed by atoms with Crippen LogP contribution in [-0.2, 0) is 14.3 Å². The van der Waals surface area contributed by atoms with E-state index in [4.69, 9.17) is 9.47 Å². The van der Waals surface area contributed by atoms with Gasteiger partial charge >= 0.3 is 0 Å². The van der Waals surface area contributed by atoms with Crippen LogP contribution in [-0.4, -0.2) is 52.0 Å². The normalized spacial score (nSPS) is 24.6. The third-order valence-electron chi connectivity index (χ3n) is 3.16. The van der Waals surface area contributed by atoms with Crippen LogP contribution in [0.4, 0.5) is 0 Å². The first kappa shape index (κ1) is 14.4. The van der Waals surface area contributed by atoms with Gasteiger partial charge in [0.25, 0.3) is 0 Å². The summed E-state index contributed by atoms with van der Waals surface area (Å²) in [7, 11) is 3.36. The molecule has 0 radical (unpaired) electrons. The van der Waals surface area contributed by atoms with Gasteiger partial charge in [0.2, 0.25) is 5.91 Å². The highest BCUT2D eigenvalue weighted by molar-refractivity contribution is 5.77. The standard InChI is InChI=1S/C12H24N2O3/c1-16-8-7-13-12(15)9-14-10-5-3-4-6-11(10)17-2/h10-11,14H,3-9H2,1-2H3,(H,13,15). The number of hydrogen-bond donors (Lipinski definition) is 2. The largest absolute Gasteiger partial charge is 0.383 e. The molecule has 17 heavy (non-hydrogen) atoms. The summed E-state index contributed by atoms with van der Waals surface area (Å²) in [5.74, 6) is 0.0162. The Hall–Kier alpha value is -0.650. The van der Waals surface area contributed by atoms with Crippen LogP contribution in [0.2, 0.25) is 0 Å². The van der Waals surface area contributed by atoms with Crippen molar-refractivity contribution in [2.75, 3.05) is 33.9 Å². The van der Waals surface area contributed by atoms with Crippen molar-refractivity contribution in [3.63, 3.8) is 0 Å². The lowest BCUT2D eigenvalue weighted by Gasteiger charge is -2.31. The Balaban J connectivity index is 2.17. The summed E-state index contributed by atoms with van der Waals surface area (Å²) in [6.45, 7) is 1.47. The molecule has 100 valence electrons. The number of ether oxygens (including phenoxy) is 2. The van der Waals surface area contributed by atoms with Gasteiger partial charge in [0.05, 0.1) is 19.3 Å². The third-order valence-corrected chi connectivity index (χ3v) is 3.16. The van der Waals surface area contributed by atoms with Crippen molar-refractivity contribution in [2.45, 2.75) is 37.8 Å². The van der Waals surface area contributed by atoms with Crippen molar-refractivity contribution < 1.29 is 14.3 Å². The summed E-state index contributed by atoms with van der Waals surface area (Å²) in [4.78, 5) is 11.5. The smallest absolute Gasteiger partial charge is 0.234 e. The molecule has 0 spiro atoms. The number of hydrogen-bond acceptors (Lipinski definition) is 4. The van der Waals surface area contributed by atoms with Crippen molar-refractivity contribution in [2.24, 2.45) is 0 Å². The molecule has 2 unspecified atom stereocenters. The van der Waals surface area contributed by atoms with Gasteiger partial charge in [0, 0.05) is 26.8 Å². The minimum atomic E-state index is 0.0162. The lowest BCUT2D eigenvalue weighted by atomic mass is 9.92. The maximum absolute atomic E-state index is 11.5. The fourth-order valence-electron chi connectivity index (χ4n) is 2.19. The van der Waals surface area contributed by atoms with E-state index in [1.54, 1.807) is 14.2 Å². The van der Waals surface area contributed by atoms with Crippen LogP contribution in [0.15, 0.2) is 0 Å². The Labute approximate surface area is 103 Å². The molecule has 0 aromatic heterocycles. The lowest BCUT2D eigenvalue weighted by Crippen LogP contribution is -2.47. The first-order valence-corrected chi connectivity index (χ1v) is 6.29. The molecule has 0 saturated heterocycles. The molecule has 1 fully saturated rings. The molecule has 0 aliphatic heterocycles. The summed E-state index contributed by atoms with van der Waals surface area (Å²) in [5, 5.41) is 6.06. The number of carbonyl (C=O) groups excluding carboxylic acids is 1. The molecule has 1 rings (SSSR count). The Morgan fingerprint density at radius 1 is 1.29 bits per heavy atom. The zero-order valence-electron chi connectivity index (χ0n) is 10.8. The monoisotopic (exact) mass is 244 g/mol. The van der Waals surface area contributed by atoms with Crippen molar-refractivity contribution in [1.29, 1.82) is 0 Å². The minimum absolute atomic E-state index is 0.0162. The molecule has 2 atom stereocenters. The predicted octanol–water partition coefficient (Wildman–Crippen LogP) is 0.296. The summed E-state index contributed by atoms with van der Waals surface area (Å²) in [5.41, 5.74) is 0. The first-order chi connectivity index (χ1) is 8.27. The molecule has 0 bridgehead atoms. The SMILES string of the molecule is COCCNC(=O)CNC1CCCCC1OC. The molecular formula is C12H24N2O3. The molecule has 1 amide bonds. The molecular weight excluding hydrogens is 220 g/mol. The maximum Gasteiger partial charge on any atom is 0.234 e. The predicted molar refractivity (Wildman–Crippen MR) is 65.9 cm³/mol. The van der Waals surface area contributed by atoms with Gasteiger partial charge in [0.1, 0.15) is 0 Å². The average Bonchev–Trinajstić information content (AvgIpc) is 2.37. The van der Waals surface area contributed by atoms with E-state index in [0.717, 1.165) is 12.8 Å². The third kappa shape index (κ3) is 5.48. The van der Waals surface area contributed by atoms with E-state index in [1.165, 1.54) is 12.8 Å². The molecule has 0 heterocycles. The fraction of sp³-hybridized carbons (Fsp3) is 0.917. The first-order valence-electron chi connectivity index (χ1n) is 6.29. The number of nitrogens with one attached hydrogen (secondary N) is 2. The quantitative estimate of drug-likeness (QED) is 0.632. The van der Waals surface area contributed by atoms with E-state index in [-0.39, 0.29) is 12.0 Å². The van der Waals surface area contributed by atoms with E-state index < -0.39 is 0 Å². The Bertz CT molecular complexity index is 224. The van der Waals surface area contributed by atoms with Gasteiger partial charge in [-0.15, -0.1) is 0 Å². The maximum atomic E-state index is 11.5. The highest BCUT2D eigenvalue weighted by atomic mass is 16.5. The van der Waals surface area contributed by atoms with Crippen LogP contribution < -0.4 is 10.6 Å². The second kappa shape index (κ2) is 8.44. The number of methoxy groups -OCH3 is 2. The van der Waals surface area contributed by atoms with Gasteiger partial charge in [-0.1, -0.05) is 12.8 Å². The molecule has 1 aliphatic carbocycles. The molecule has 5 nitrogen and oxygen atoms in total. The highest BCUT2D eigenvalue weighted by Crippen LogP contribution is 2.20. The van der Waals surface area contributed by atoms with Gasteiger partial charge in [-0.05, 0) is 12.8 Å². The van der Waals surface area contributed by atoms with Gasteiger partial charge in [0.15, 0.2) is 0 Å². The van der Waals surface area contributed by atoms with Crippen molar-refractivity contribution >= 4 is 5.91 Å². The van der Waals surface area contributed by atoms with Crippen LogP contribution in [0.25, 0.3) is 0 Å². The Morgan fingerprint density at radius 2 is 2.06 bits per heavy atom. The van der Waals surface area contributed by atoms with Crippen LogP contribution in [0.1, 0.15) is 25.7 Å². The summed E-state index contributed by atoms with van der Waals surface area (Å²) >= 11 is 0. The van der Waals surface area contributed by atoms with Crippen molar-refractivity contribution in [3.05, 3.63) is 0 Å². The minimum Gasteiger partial charge on any atom is -0.383 e. The number of carbonyl (C=O) groups is 1. The van der Waals surface area contributed by atoms with E-state index in [9.17, 15) is 4.79 Å². The van der Waals surface area contributed by atoms with Crippen LogP contribution in [0.5, 0.6) is 0 Å². The lowest BCUT2D eigenvalue weighted by molar-refractivity contribution is -0.120. The second-order valence-corrected chi connectivity index (χ2v) is 4.39. The van der Waals surface area contributed by atoms with Crippen molar-refractivity contribution in [3.8, 4) is 0 Å². The van der Waals surface area contributed by atoms with E-state index in [1.807, 2.05) is 0 Å². The summed E-state index contributed by atoms with van der Waals surface area (Å²) in [6.07, 6.45) is 4.85. The number of rotatable bonds is 7. The number of amides is 1. The van der Waals surface area contributed by atoms with Gasteiger partial charge in [-0.3, -0.25) is 4.79 Å². The summed E-state index contributed by atoms with van der Waals surface area (Å²) < 4.78 is 10.3. The second-order valence-electron chi connectivity index (χ2n) is 4.39. The van der Waals surface area contributed by atoms with E-state index >= 15 is 0 Å². The zero-order chi connectivity index (χ0) is 12.5. The Kier molecular flexibility index (Phi) is 7.16. The van der Waals surface area contributed by atoms with Gasteiger partial charge < -0.3 is 20.1 Å². The molecule has 2 N–H and O–H groups in total. The average molecular weight is 244 g/mol. The summed E-state index contributed by atoms with van der Waals surface area (Å²) in [6, 6.07) is 0.307. The molecule has 0 aromatic carbocycles. The van der Waals surface area contributed by atoms with Gasteiger partial charge in [-0.2, -0.15) is 0 Å².